The number of nitrogens with zero attached hydrogens (tertiary/aromatic N) is 3. The lowest BCUT2D eigenvalue weighted by molar-refractivity contribution is -0.124. The Labute approximate surface area is 166 Å². The molecule has 0 saturated heterocycles. The molecule has 8 heteroatoms. The molecule has 2 heterocycles. The Hall–Kier alpha value is -3.94. The molecule has 1 atom stereocenters. The zero-order valence-corrected chi connectivity index (χ0v) is 15.4. The number of fused-ring (bicyclic) bond motifs is 1. The maximum absolute atomic E-state index is 13.2. The second-order valence-corrected chi connectivity index (χ2v) is 6.59. The number of ether oxygens (including phenoxy) is 1. The molecular weight excluding hydrogens is 372 g/mol. The van der Waals surface area contributed by atoms with E-state index in [1.807, 2.05) is 30.3 Å². The lowest BCUT2D eigenvalue weighted by Gasteiger charge is -2.33. The molecule has 2 aromatic carbocycles. The van der Waals surface area contributed by atoms with Crippen LogP contribution in [0.3, 0.4) is 0 Å². The number of rotatable bonds is 4. The summed E-state index contributed by atoms with van der Waals surface area (Å²) in [5, 5.41) is 4.24. The van der Waals surface area contributed by atoms with Gasteiger partial charge in [-0.25, -0.2) is 4.68 Å². The molecule has 3 aromatic rings. The van der Waals surface area contributed by atoms with Crippen molar-refractivity contribution in [2.45, 2.75) is 12.6 Å². The first-order valence-corrected chi connectivity index (χ1v) is 9.02. The average molecular weight is 390 g/mol. The molecule has 2 N–H and O–H groups in total. The van der Waals surface area contributed by atoms with E-state index in [9.17, 15) is 14.4 Å². The largest absolute Gasteiger partial charge is 0.477 e. The van der Waals surface area contributed by atoms with Crippen LogP contribution in [0.15, 0.2) is 71.5 Å². The molecular formula is C21H18N4O4. The van der Waals surface area contributed by atoms with E-state index in [0.29, 0.717) is 11.4 Å². The first-order valence-electron chi connectivity index (χ1n) is 9.02. The number of para-hydroxylation sites is 2. The Bertz CT molecular complexity index is 1130. The normalized spacial score (nSPS) is 15.3. The molecule has 4 rings (SSSR count). The molecule has 0 unspecified atom stereocenters. The van der Waals surface area contributed by atoms with Crippen molar-refractivity contribution in [3.63, 3.8) is 0 Å². The maximum Gasteiger partial charge on any atom is 0.278 e. The van der Waals surface area contributed by atoms with E-state index in [4.69, 9.17) is 10.5 Å². The van der Waals surface area contributed by atoms with Crippen molar-refractivity contribution in [1.29, 1.82) is 0 Å². The highest BCUT2D eigenvalue weighted by Gasteiger charge is 2.33. The van der Waals surface area contributed by atoms with Gasteiger partial charge in [-0.1, -0.05) is 42.5 Å². The molecule has 0 bridgehead atoms. The summed E-state index contributed by atoms with van der Waals surface area (Å²) in [6.45, 7) is 0.203. The van der Waals surface area contributed by atoms with Crippen LogP contribution in [-0.2, 0) is 11.3 Å². The molecule has 1 aliphatic rings. The predicted octanol–water partition coefficient (Wildman–Crippen LogP) is 1.18. The Balaban J connectivity index is 1.68. The van der Waals surface area contributed by atoms with E-state index >= 15 is 0 Å². The fourth-order valence-corrected chi connectivity index (χ4v) is 3.15. The van der Waals surface area contributed by atoms with Crippen LogP contribution in [0.2, 0.25) is 0 Å². The predicted molar refractivity (Wildman–Crippen MR) is 106 cm³/mol. The number of amides is 2. The molecule has 0 saturated carbocycles. The van der Waals surface area contributed by atoms with Crippen LogP contribution in [0.25, 0.3) is 0 Å². The summed E-state index contributed by atoms with van der Waals surface area (Å²) < 4.78 is 6.82. The number of aromatic nitrogens is 2. The zero-order chi connectivity index (χ0) is 20.4. The number of benzene rings is 2. The van der Waals surface area contributed by atoms with Gasteiger partial charge < -0.3 is 10.5 Å². The van der Waals surface area contributed by atoms with Crippen LogP contribution < -0.4 is 20.9 Å². The van der Waals surface area contributed by atoms with Crippen molar-refractivity contribution in [2.75, 3.05) is 11.4 Å². The molecule has 8 nitrogen and oxygen atoms in total. The van der Waals surface area contributed by atoms with Crippen LogP contribution in [0.5, 0.6) is 5.75 Å². The second kappa shape index (κ2) is 7.59. The fraction of sp³-hybridized carbons (Fsp3) is 0.143. The van der Waals surface area contributed by atoms with Crippen molar-refractivity contribution >= 4 is 17.5 Å². The van der Waals surface area contributed by atoms with Crippen LogP contribution in [0.1, 0.15) is 16.1 Å². The number of hydrogen-bond donors (Lipinski definition) is 1. The number of carbonyl (C=O) groups excluding carboxylic acids is 2. The lowest BCUT2D eigenvalue weighted by Crippen LogP contribution is -2.49. The quantitative estimate of drug-likeness (QED) is 0.720. The highest BCUT2D eigenvalue weighted by molar-refractivity contribution is 6.06. The Morgan fingerprint density at radius 2 is 1.76 bits per heavy atom. The number of nitrogens with two attached hydrogens (primary N) is 1. The van der Waals surface area contributed by atoms with Gasteiger partial charge in [-0.3, -0.25) is 19.3 Å². The highest BCUT2D eigenvalue weighted by atomic mass is 16.5. The first kappa shape index (κ1) is 18.4. The van der Waals surface area contributed by atoms with Crippen molar-refractivity contribution in [2.24, 2.45) is 5.73 Å². The van der Waals surface area contributed by atoms with Gasteiger partial charge >= 0.3 is 0 Å². The Kier molecular flexibility index (Phi) is 4.82. The minimum Gasteiger partial charge on any atom is -0.477 e. The minimum atomic E-state index is -0.968. The van der Waals surface area contributed by atoms with E-state index in [-0.39, 0.29) is 24.3 Å². The third-order valence-corrected chi connectivity index (χ3v) is 4.60. The maximum atomic E-state index is 13.2. The van der Waals surface area contributed by atoms with E-state index in [1.54, 1.807) is 24.3 Å². The molecule has 1 aromatic heterocycles. The monoisotopic (exact) mass is 390 g/mol. The van der Waals surface area contributed by atoms with E-state index in [2.05, 4.69) is 5.10 Å². The topological polar surface area (TPSA) is 108 Å². The molecule has 2 amide bonds. The van der Waals surface area contributed by atoms with Gasteiger partial charge in [0.25, 0.3) is 17.4 Å². The molecule has 0 radical (unpaired) electrons. The lowest BCUT2D eigenvalue weighted by atomic mass is 10.1. The third-order valence-electron chi connectivity index (χ3n) is 4.60. The van der Waals surface area contributed by atoms with Crippen molar-refractivity contribution in [3.05, 3.63) is 88.3 Å². The van der Waals surface area contributed by atoms with Gasteiger partial charge in [-0.15, -0.1) is 0 Å². The third kappa shape index (κ3) is 3.73. The zero-order valence-electron chi connectivity index (χ0n) is 15.4. The van der Waals surface area contributed by atoms with Crippen LogP contribution in [0, 0.1) is 0 Å². The first-order chi connectivity index (χ1) is 14.0. The summed E-state index contributed by atoms with van der Waals surface area (Å²) in [7, 11) is 0. The van der Waals surface area contributed by atoms with Crippen molar-refractivity contribution in [1.82, 2.24) is 9.78 Å². The Morgan fingerprint density at radius 1 is 1.03 bits per heavy atom. The van der Waals surface area contributed by atoms with Gasteiger partial charge in [-0.05, 0) is 23.8 Å². The minimum absolute atomic E-state index is 0.0370. The van der Waals surface area contributed by atoms with Gasteiger partial charge in [0.15, 0.2) is 6.10 Å². The summed E-state index contributed by atoms with van der Waals surface area (Å²) in [4.78, 5) is 38.5. The molecule has 29 heavy (non-hydrogen) atoms. The summed E-state index contributed by atoms with van der Waals surface area (Å²) in [5.74, 6) is -0.735. The van der Waals surface area contributed by atoms with Gasteiger partial charge in [0.1, 0.15) is 11.4 Å². The van der Waals surface area contributed by atoms with Crippen LogP contribution in [-0.4, -0.2) is 34.2 Å². The van der Waals surface area contributed by atoms with Crippen molar-refractivity contribution in [3.8, 4) is 5.75 Å². The smallest absolute Gasteiger partial charge is 0.278 e. The van der Waals surface area contributed by atoms with Gasteiger partial charge in [0, 0.05) is 6.07 Å². The number of hydrogen-bond acceptors (Lipinski definition) is 5. The summed E-state index contributed by atoms with van der Waals surface area (Å²) >= 11 is 0. The van der Waals surface area contributed by atoms with Crippen LogP contribution >= 0.6 is 0 Å². The van der Waals surface area contributed by atoms with Crippen LogP contribution in [0.4, 0.5) is 5.69 Å². The number of anilines is 1. The molecule has 146 valence electrons. The summed E-state index contributed by atoms with van der Waals surface area (Å²) in [5.41, 5.74) is 6.56. The molecule has 0 aliphatic carbocycles. The Morgan fingerprint density at radius 3 is 2.52 bits per heavy atom. The van der Waals surface area contributed by atoms with Gasteiger partial charge in [0.05, 0.1) is 18.8 Å². The second-order valence-electron chi connectivity index (χ2n) is 6.59. The standard InChI is InChI=1S/C21H18N4O4/c22-20(27)18-13-24(16-8-4-5-9-17(16)29-18)21(28)15-10-11-19(26)25(23-15)12-14-6-2-1-3-7-14/h1-11,18H,12-13H2,(H2,22,27)/t18-/m0/s1. The van der Waals surface area contributed by atoms with Gasteiger partial charge in [0.2, 0.25) is 0 Å². The summed E-state index contributed by atoms with van der Waals surface area (Å²) in [6.07, 6.45) is -0.968. The number of carbonyl (C=O) groups is 2. The molecule has 1 aliphatic heterocycles. The fourth-order valence-electron chi connectivity index (χ4n) is 3.15. The van der Waals surface area contributed by atoms with E-state index in [1.165, 1.54) is 21.7 Å². The number of primary amides is 1. The van der Waals surface area contributed by atoms with E-state index < -0.39 is 17.9 Å². The SMILES string of the molecule is NC(=O)[C@@H]1CN(C(=O)c2ccc(=O)n(Cc3ccccc3)n2)c2ccccc2O1. The molecule has 0 fully saturated rings. The van der Waals surface area contributed by atoms with Gasteiger partial charge in [-0.2, -0.15) is 5.10 Å². The molecule has 0 spiro atoms. The van der Waals surface area contributed by atoms with E-state index in [0.717, 1.165) is 5.56 Å². The average Bonchev–Trinajstić information content (AvgIpc) is 2.74. The van der Waals surface area contributed by atoms with Crippen molar-refractivity contribution < 1.29 is 14.3 Å². The summed E-state index contributed by atoms with van der Waals surface area (Å²) in [6, 6.07) is 18.9. The highest BCUT2D eigenvalue weighted by Crippen LogP contribution is 2.33.